The molecule has 1 aromatic rings. The lowest BCUT2D eigenvalue weighted by Crippen LogP contribution is -2.35. The first-order valence-corrected chi connectivity index (χ1v) is 7.27. The number of anilines is 1. The standard InChI is InChI=1S/C10H13F2N3O4S/c1-20(18,19)8-4-2-3-7(9(8)15(16)17)14-6-10(11,12)5-13/h2-4,14H,5-6,13H2,1H3. The van der Waals surface area contributed by atoms with Gasteiger partial charge >= 0.3 is 5.69 Å². The number of nitrogens with two attached hydrogens (primary N) is 1. The van der Waals surface area contributed by atoms with Crippen molar-refractivity contribution >= 4 is 21.2 Å². The van der Waals surface area contributed by atoms with Crippen LogP contribution in [0, 0.1) is 10.1 Å². The molecule has 1 rings (SSSR count). The van der Waals surface area contributed by atoms with Crippen LogP contribution in [0.25, 0.3) is 0 Å². The third-order valence-corrected chi connectivity index (χ3v) is 3.55. The van der Waals surface area contributed by atoms with Crippen LogP contribution in [0.1, 0.15) is 0 Å². The van der Waals surface area contributed by atoms with E-state index in [0.717, 1.165) is 18.4 Å². The van der Waals surface area contributed by atoms with Gasteiger partial charge in [0.2, 0.25) is 0 Å². The van der Waals surface area contributed by atoms with Gasteiger partial charge < -0.3 is 11.1 Å². The Bertz CT molecular complexity index is 619. The third-order valence-electron chi connectivity index (χ3n) is 2.42. The molecule has 0 bridgehead atoms. The van der Waals surface area contributed by atoms with Crippen molar-refractivity contribution in [2.75, 3.05) is 24.7 Å². The molecule has 0 aliphatic carbocycles. The van der Waals surface area contributed by atoms with Crippen molar-refractivity contribution in [3.63, 3.8) is 0 Å². The van der Waals surface area contributed by atoms with Crippen molar-refractivity contribution < 1.29 is 22.1 Å². The number of benzene rings is 1. The molecular formula is C10H13F2N3O4S. The number of para-hydroxylation sites is 1. The average Bonchev–Trinajstić information content (AvgIpc) is 2.34. The Labute approximate surface area is 113 Å². The van der Waals surface area contributed by atoms with Crippen molar-refractivity contribution in [3.8, 4) is 0 Å². The van der Waals surface area contributed by atoms with Gasteiger partial charge in [-0.1, -0.05) is 6.07 Å². The van der Waals surface area contributed by atoms with Gasteiger partial charge in [0.25, 0.3) is 5.92 Å². The summed E-state index contributed by atoms with van der Waals surface area (Å²) in [5.74, 6) is -3.25. The van der Waals surface area contributed by atoms with E-state index in [1.54, 1.807) is 0 Å². The molecule has 0 heterocycles. The van der Waals surface area contributed by atoms with Crippen LogP contribution in [0.4, 0.5) is 20.2 Å². The van der Waals surface area contributed by atoms with Gasteiger partial charge in [0, 0.05) is 6.26 Å². The van der Waals surface area contributed by atoms with Crippen LogP contribution in [0.5, 0.6) is 0 Å². The Morgan fingerprint density at radius 3 is 2.50 bits per heavy atom. The zero-order valence-electron chi connectivity index (χ0n) is 10.5. The molecule has 0 aliphatic rings. The molecule has 0 atom stereocenters. The van der Waals surface area contributed by atoms with Gasteiger partial charge in [-0.15, -0.1) is 0 Å². The quantitative estimate of drug-likeness (QED) is 0.598. The lowest BCUT2D eigenvalue weighted by Gasteiger charge is -2.16. The number of alkyl halides is 2. The molecule has 1 aromatic carbocycles. The van der Waals surface area contributed by atoms with Crippen LogP contribution >= 0.6 is 0 Å². The zero-order chi connectivity index (χ0) is 15.6. The third kappa shape index (κ3) is 3.84. The largest absolute Gasteiger partial charge is 0.373 e. The predicted octanol–water partition coefficient (Wildman–Crippen LogP) is 1.00. The molecular weight excluding hydrogens is 296 g/mol. The number of sulfone groups is 1. The van der Waals surface area contributed by atoms with Crippen LogP contribution in [-0.4, -0.2) is 38.6 Å². The van der Waals surface area contributed by atoms with E-state index in [9.17, 15) is 27.3 Å². The van der Waals surface area contributed by atoms with E-state index >= 15 is 0 Å². The summed E-state index contributed by atoms with van der Waals surface area (Å²) < 4.78 is 49.0. The molecule has 0 spiro atoms. The lowest BCUT2D eigenvalue weighted by atomic mass is 10.2. The number of hydrogen-bond acceptors (Lipinski definition) is 6. The van der Waals surface area contributed by atoms with E-state index in [4.69, 9.17) is 5.73 Å². The summed E-state index contributed by atoms with van der Waals surface area (Å²) in [7, 11) is -3.85. The highest BCUT2D eigenvalue weighted by atomic mass is 32.2. The van der Waals surface area contributed by atoms with Crippen molar-refractivity contribution in [3.05, 3.63) is 28.3 Å². The highest BCUT2D eigenvalue weighted by Gasteiger charge is 2.30. The summed E-state index contributed by atoms with van der Waals surface area (Å²) in [5, 5.41) is 13.1. The van der Waals surface area contributed by atoms with Gasteiger partial charge in [0.15, 0.2) is 9.84 Å². The summed E-state index contributed by atoms with van der Waals surface area (Å²) in [6.07, 6.45) is 0.799. The predicted molar refractivity (Wildman–Crippen MR) is 68.7 cm³/mol. The Balaban J connectivity index is 3.25. The number of nitro benzene ring substituents is 1. The second kappa shape index (κ2) is 5.67. The van der Waals surface area contributed by atoms with Crippen LogP contribution in [-0.2, 0) is 9.84 Å². The van der Waals surface area contributed by atoms with Crippen molar-refractivity contribution in [1.82, 2.24) is 0 Å². The van der Waals surface area contributed by atoms with Gasteiger partial charge in [0.1, 0.15) is 10.6 Å². The first kappa shape index (κ1) is 16.2. The van der Waals surface area contributed by atoms with Gasteiger partial charge in [0.05, 0.1) is 18.0 Å². The normalized spacial score (nSPS) is 12.2. The van der Waals surface area contributed by atoms with Crippen LogP contribution in [0.2, 0.25) is 0 Å². The van der Waals surface area contributed by atoms with Gasteiger partial charge in [-0.2, -0.15) is 0 Å². The second-order valence-electron chi connectivity index (χ2n) is 4.10. The summed E-state index contributed by atoms with van der Waals surface area (Å²) >= 11 is 0. The summed E-state index contributed by atoms with van der Waals surface area (Å²) in [6.45, 7) is -1.86. The highest BCUT2D eigenvalue weighted by Crippen LogP contribution is 2.32. The van der Waals surface area contributed by atoms with Gasteiger partial charge in [-0.3, -0.25) is 10.1 Å². The molecule has 112 valence electrons. The van der Waals surface area contributed by atoms with E-state index < -0.39 is 44.4 Å². The monoisotopic (exact) mass is 309 g/mol. The molecule has 20 heavy (non-hydrogen) atoms. The fraction of sp³-hybridized carbons (Fsp3) is 0.400. The number of rotatable bonds is 6. The topological polar surface area (TPSA) is 115 Å². The SMILES string of the molecule is CS(=O)(=O)c1cccc(NCC(F)(F)CN)c1[N+](=O)[O-]. The molecule has 0 radical (unpaired) electrons. The molecule has 0 aromatic heterocycles. The fourth-order valence-corrected chi connectivity index (χ4v) is 2.31. The smallest absolute Gasteiger partial charge is 0.310 e. The second-order valence-corrected chi connectivity index (χ2v) is 6.08. The minimum absolute atomic E-state index is 0.300. The lowest BCUT2D eigenvalue weighted by molar-refractivity contribution is -0.386. The minimum atomic E-state index is -3.85. The van der Waals surface area contributed by atoms with E-state index in [1.807, 2.05) is 0 Å². The van der Waals surface area contributed by atoms with Gasteiger partial charge in [-0.25, -0.2) is 17.2 Å². The Morgan fingerprint density at radius 2 is 2.05 bits per heavy atom. The van der Waals surface area contributed by atoms with Crippen LogP contribution in [0.15, 0.2) is 23.1 Å². The summed E-state index contributed by atoms with van der Waals surface area (Å²) in [6, 6.07) is 3.42. The maximum Gasteiger partial charge on any atom is 0.310 e. The van der Waals surface area contributed by atoms with Crippen LogP contribution in [0.3, 0.4) is 0 Å². The molecule has 0 saturated heterocycles. The van der Waals surface area contributed by atoms with E-state index in [0.29, 0.717) is 0 Å². The summed E-state index contributed by atoms with van der Waals surface area (Å²) in [5.41, 5.74) is 3.79. The molecule has 0 saturated carbocycles. The van der Waals surface area contributed by atoms with Crippen molar-refractivity contribution in [1.29, 1.82) is 0 Å². The van der Waals surface area contributed by atoms with Gasteiger partial charge in [-0.05, 0) is 12.1 Å². The Kier molecular flexibility index (Phi) is 4.61. The Morgan fingerprint density at radius 1 is 1.45 bits per heavy atom. The highest BCUT2D eigenvalue weighted by molar-refractivity contribution is 7.90. The number of nitrogens with one attached hydrogen (secondary N) is 1. The minimum Gasteiger partial charge on any atom is -0.373 e. The first-order chi connectivity index (χ1) is 9.08. The molecule has 7 nitrogen and oxygen atoms in total. The van der Waals surface area contributed by atoms with Crippen molar-refractivity contribution in [2.24, 2.45) is 5.73 Å². The molecule has 0 unspecified atom stereocenters. The molecule has 0 aliphatic heterocycles. The molecule has 0 amide bonds. The fourth-order valence-electron chi connectivity index (χ4n) is 1.45. The van der Waals surface area contributed by atoms with E-state index in [-0.39, 0.29) is 5.69 Å². The number of nitrogens with zero attached hydrogens (tertiary/aromatic N) is 1. The van der Waals surface area contributed by atoms with E-state index in [1.165, 1.54) is 6.07 Å². The zero-order valence-corrected chi connectivity index (χ0v) is 11.3. The maximum absolute atomic E-state index is 13.0. The van der Waals surface area contributed by atoms with Crippen LogP contribution < -0.4 is 11.1 Å². The molecule has 0 fully saturated rings. The molecule has 10 heteroatoms. The van der Waals surface area contributed by atoms with Crippen molar-refractivity contribution in [2.45, 2.75) is 10.8 Å². The average molecular weight is 309 g/mol. The van der Waals surface area contributed by atoms with E-state index in [2.05, 4.69) is 5.32 Å². The number of halogens is 2. The first-order valence-electron chi connectivity index (χ1n) is 5.38. The number of nitro groups is 1. The maximum atomic E-state index is 13.0. The summed E-state index contributed by atoms with van der Waals surface area (Å²) in [4.78, 5) is 9.50. The Hall–Kier alpha value is -1.81. The number of hydrogen-bond donors (Lipinski definition) is 2. The molecule has 3 N–H and O–H groups in total.